The Morgan fingerprint density at radius 1 is 0.524 bits per heavy atom. The van der Waals surface area contributed by atoms with E-state index in [0.29, 0.717) is 21.2 Å². The number of primary amides is 2. The summed E-state index contributed by atoms with van der Waals surface area (Å²) in [4.78, 5) is 20.8. The van der Waals surface area contributed by atoms with Crippen LogP contribution in [0.2, 0.25) is 10.0 Å². The molecule has 0 aliphatic rings. The fraction of sp³-hybridized carbons (Fsp3) is 0.0714. The van der Waals surface area contributed by atoms with E-state index in [0.717, 1.165) is 11.1 Å². The fourth-order valence-corrected chi connectivity index (χ4v) is 3.86. The van der Waals surface area contributed by atoms with Gasteiger partial charge in [0, 0.05) is 21.2 Å². The highest BCUT2D eigenvalue weighted by atomic mass is 35.5. The second-order valence-corrected chi connectivity index (χ2v) is 12.0. The average Bonchev–Trinajstić information content (AvgIpc) is 2.90. The number of carbonyl (C=O) groups is 2. The molecule has 14 heteroatoms. The van der Waals surface area contributed by atoms with Crippen LogP contribution in [0.25, 0.3) is 0 Å². The molecule has 0 aliphatic carbocycles. The van der Waals surface area contributed by atoms with Gasteiger partial charge in [0.05, 0.1) is 9.79 Å². The number of benzene rings is 4. The standard InChI is InChI=1S/2C7H6ClNO.2C7H8O3S/c2*8-6-3-1-5(2-4-6)7(9)10;2*1-6-2-4-7(5-3-6)11(8,9)10/h2*1-4H,(H2,9,10);2*2-5H,1H3,(H,8,9,10). The van der Waals surface area contributed by atoms with Crippen LogP contribution in [0.3, 0.4) is 0 Å². The van der Waals surface area contributed by atoms with Crippen molar-refractivity contribution >= 4 is 55.3 Å². The lowest BCUT2D eigenvalue weighted by Gasteiger charge is -1.95. The predicted octanol–water partition coefficient (Wildman–Crippen LogP) is 5.36. The lowest BCUT2D eigenvalue weighted by atomic mass is 10.2. The van der Waals surface area contributed by atoms with Gasteiger partial charge in [-0.15, -0.1) is 0 Å². The van der Waals surface area contributed by atoms with E-state index in [1.807, 2.05) is 13.8 Å². The molecule has 0 saturated heterocycles. The van der Waals surface area contributed by atoms with Gasteiger partial charge in [0.25, 0.3) is 20.2 Å². The zero-order valence-corrected chi connectivity index (χ0v) is 25.5. The highest BCUT2D eigenvalue weighted by molar-refractivity contribution is 7.86. The summed E-state index contributed by atoms with van der Waals surface area (Å²) in [6.45, 7) is 3.68. The molecule has 0 fully saturated rings. The minimum atomic E-state index is -4.02. The van der Waals surface area contributed by atoms with E-state index in [1.165, 1.54) is 24.3 Å². The van der Waals surface area contributed by atoms with Crippen LogP contribution >= 0.6 is 23.2 Å². The number of rotatable bonds is 4. The number of amides is 2. The third-order valence-electron chi connectivity index (χ3n) is 4.90. The molecule has 42 heavy (non-hydrogen) atoms. The second-order valence-electron chi connectivity index (χ2n) is 8.32. The van der Waals surface area contributed by atoms with E-state index >= 15 is 0 Å². The average molecular weight is 656 g/mol. The lowest BCUT2D eigenvalue weighted by molar-refractivity contribution is 0.0992. The molecular formula is C28H28Cl2N2O8S2. The Hall–Kier alpha value is -3.78. The molecular weight excluding hydrogens is 627 g/mol. The first-order chi connectivity index (χ1) is 19.4. The van der Waals surface area contributed by atoms with E-state index < -0.39 is 32.1 Å². The Bertz CT molecular complexity index is 1550. The van der Waals surface area contributed by atoms with Gasteiger partial charge in [-0.25, -0.2) is 0 Å². The normalized spacial score (nSPS) is 10.4. The number of nitrogens with two attached hydrogens (primary N) is 2. The summed E-state index contributed by atoms with van der Waals surface area (Å²) in [7, 11) is -8.04. The zero-order chi connectivity index (χ0) is 32.1. The van der Waals surface area contributed by atoms with E-state index in [1.54, 1.807) is 72.8 Å². The highest BCUT2D eigenvalue weighted by Gasteiger charge is 2.07. The second kappa shape index (κ2) is 16.6. The minimum Gasteiger partial charge on any atom is -0.366 e. The Labute approximate surface area is 254 Å². The molecule has 6 N–H and O–H groups in total. The molecule has 2 amide bonds. The molecule has 0 unspecified atom stereocenters. The van der Waals surface area contributed by atoms with Gasteiger partial charge in [-0.2, -0.15) is 16.8 Å². The van der Waals surface area contributed by atoms with Crippen LogP contribution in [0.15, 0.2) is 107 Å². The van der Waals surface area contributed by atoms with Gasteiger partial charge in [-0.05, 0) is 86.6 Å². The molecule has 4 rings (SSSR count). The van der Waals surface area contributed by atoms with Crippen molar-refractivity contribution in [3.05, 3.63) is 129 Å². The predicted molar refractivity (Wildman–Crippen MR) is 162 cm³/mol. The zero-order valence-electron chi connectivity index (χ0n) is 22.3. The van der Waals surface area contributed by atoms with Crippen LogP contribution in [-0.2, 0) is 20.2 Å². The quantitative estimate of drug-likeness (QED) is 0.211. The van der Waals surface area contributed by atoms with Crippen molar-refractivity contribution in [2.45, 2.75) is 23.6 Å². The molecule has 0 atom stereocenters. The smallest absolute Gasteiger partial charge is 0.294 e. The molecule has 0 saturated carbocycles. The van der Waals surface area contributed by atoms with Crippen molar-refractivity contribution < 1.29 is 35.5 Å². The van der Waals surface area contributed by atoms with Gasteiger partial charge >= 0.3 is 0 Å². The first-order valence-electron chi connectivity index (χ1n) is 11.6. The maximum atomic E-state index is 10.5. The topological polar surface area (TPSA) is 195 Å². The van der Waals surface area contributed by atoms with Crippen LogP contribution in [0.5, 0.6) is 0 Å². The summed E-state index contributed by atoms with van der Waals surface area (Å²) < 4.78 is 59.1. The van der Waals surface area contributed by atoms with E-state index in [9.17, 15) is 26.4 Å². The Balaban J connectivity index is 0.000000280. The van der Waals surface area contributed by atoms with E-state index in [4.69, 9.17) is 43.8 Å². The summed E-state index contributed by atoms with van der Waals surface area (Å²) >= 11 is 11.1. The van der Waals surface area contributed by atoms with Crippen LogP contribution in [0.1, 0.15) is 31.8 Å². The monoisotopic (exact) mass is 654 g/mol. The van der Waals surface area contributed by atoms with E-state index in [2.05, 4.69) is 0 Å². The summed E-state index contributed by atoms with van der Waals surface area (Å²) in [5.74, 6) is -0.867. The van der Waals surface area contributed by atoms with Crippen LogP contribution in [-0.4, -0.2) is 37.8 Å². The first-order valence-corrected chi connectivity index (χ1v) is 15.2. The Morgan fingerprint density at radius 2 is 0.762 bits per heavy atom. The van der Waals surface area contributed by atoms with Gasteiger partial charge in [0.2, 0.25) is 11.8 Å². The summed E-state index contributed by atoms with van der Waals surface area (Å²) in [6.07, 6.45) is 0. The number of carbonyl (C=O) groups excluding carboxylic acids is 2. The number of aryl methyl sites for hydroxylation is 2. The summed E-state index contributed by atoms with van der Waals surface area (Å²) in [5.41, 5.74) is 12.8. The number of halogens is 2. The van der Waals surface area contributed by atoms with Crippen molar-refractivity contribution in [3.8, 4) is 0 Å². The van der Waals surface area contributed by atoms with Gasteiger partial charge < -0.3 is 11.5 Å². The molecule has 0 aromatic heterocycles. The highest BCUT2D eigenvalue weighted by Crippen LogP contribution is 2.11. The van der Waals surface area contributed by atoms with Gasteiger partial charge in [-0.3, -0.25) is 18.7 Å². The molecule has 4 aromatic carbocycles. The third-order valence-corrected chi connectivity index (χ3v) is 7.13. The SMILES string of the molecule is Cc1ccc(S(=O)(=O)O)cc1.Cc1ccc(S(=O)(=O)O)cc1.NC(=O)c1ccc(Cl)cc1.NC(=O)c1ccc(Cl)cc1. The Kier molecular flexibility index (Phi) is 14.3. The molecule has 0 aliphatic heterocycles. The minimum absolute atomic E-state index is 0.0666. The largest absolute Gasteiger partial charge is 0.366 e. The van der Waals surface area contributed by atoms with Gasteiger partial charge in [0.1, 0.15) is 0 Å². The molecule has 10 nitrogen and oxygen atoms in total. The summed E-state index contributed by atoms with van der Waals surface area (Å²) in [5, 5.41) is 1.20. The maximum Gasteiger partial charge on any atom is 0.294 e. The van der Waals surface area contributed by atoms with Crippen molar-refractivity contribution in [2.24, 2.45) is 11.5 Å². The fourth-order valence-electron chi connectivity index (χ4n) is 2.65. The third kappa shape index (κ3) is 14.2. The van der Waals surface area contributed by atoms with Crippen molar-refractivity contribution in [1.82, 2.24) is 0 Å². The molecule has 224 valence electrons. The summed E-state index contributed by atoms with van der Waals surface area (Å²) in [6, 6.07) is 24.8. The first kappa shape index (κ1) is 36.2. The van der Waals surface area contributed by atoms with Gasteiger partial charge in [-0.1, -0.05) is 58.6 Å². The number of hydrogen-bond donors (Lipinski definition) is 4. The lowest BCUT2D eigenvalue weighted by Crippen LogP contribution is -2.10. The molecule has 0 radical (unpaired) electrons. The molecule has 0 heterocycles. The van der Waals surface area contributed by atoms with Crippen molar-refractivity contribution in [2.75, 3.05) is 0 Å². The molecule has 0 spiro atoms. The van der Waals surface area contributed by atoms with Crippen LogP contribution in [0, 0.1) is 13.8 Å². The van der Waals surface area contributed by atoms with Crippen LogP contribution in [0.4, 0.5) is 0 Å². The van der Waals surface area contributed by atoms with Crippen molar-refractivity contribution in [3.63, 3.8) is 0 Å². The van der Waals surface area contributed by atoms with Crippen LogP contribution < -0.4 is 11.5 Å². The van der Waals surface area contributed by atoms with Gasteiger partial charge in [0.15, 0.2) is 0 Å². The number of hydrogen-bond acceptors (Lipinski definition) is 6. The maximum absolute atomic E-state index is 10.5. The van der Waals surface area contributed by atoms with Crippen molar-refractivity contribution in [1.29, 1.82) is 0 Å². The molecule has 4 aromatic rings. The molecule has 0 bridgehead atoms. The Morgan fingerprint density at radius 3 is 0.952 bits per heavy atom. The van der Waals surface area contributed by atoms with E-state index in [-0.39, 0.29) is 9.79 Å².